The van der Waals surface area contributed by atoms with Crippen LogP contribution in [0.25, 0.3) is 11.3 Å². The van der Waals surface area contributed by atoms with E-state index in [1.54, 1.807) is 18.2 Å². The van der Waals surface area contributed by atoms with Gasteiger partial charge in [-0.25, -0.2) is 22.8 Å². The minimum absolute atomic E-state index is 0.0233. The molecular formula is C29H35FN4O4S. The molecule has 0 atom stereocenters. The largest absolute Gasteiger partial charge is 0.493 e. The van der Waals surface area contributed by atoms with Gasteiger partial charge in [0.25, 0.3) is 0 Å². The van der Waals surface area contributed by atoms with Gasteiger partial charge in [-0.05, 0) is 60.6 Å². The summed E-state index contributed by atoms with van der Waals surface area (Å²) in [6, 6.07) is 11.9. The molecule has 39 heavy (non-hydrogen) atoms. The smallest absolute Gasteiger partial charge is 0.203 e. The van der Waals surface area contributed by atoms with Crippen LogP contribution in [-0.4, -0.2) is 49.6 Å². The number of hydrogen-bond donors (Lipinski definition) is 1. The molecule has 1 aromatic carbocycles. The van der Waals surface area contributed by atoms with Crippen molar-refractivity contribution in [2.75, 3.05) is 36.1 Å². The molecule has 2 aromatic heterocycles. The van der Waals surface area contributed by atoms with Gasteiger partial charge >= 0.3 is 0 Å². The zero-order chi connectivity index (χ0) is 28.4. The molecule has 0 amide bonds. The molecule has 2 N–H and O–H groups in total. The van der Waals surface area contributed by atoms with Crippen molar-refractivity contribution in [2.24, 2.45) is 11.3 Å². The summed E-state index contributed by atoms with van der Waals surface area (Å²) in [6.45, 7) is 10.0. The number of Topliss-reactive ketones (excluding diaryl/α,β-unsaturated/α-hetero) is 1. The average Bonchev–Trinajstić information content (AvgIpc) is 2.86. The van der Waals surface area contributed by atoms with Crippen molar-refractivity contribution < 1.29 is 22.3 Å². The molecule has 8 nitrogen and oxygen atoms in total. The lowest BCUT2D eigenvalue weighted by atomic mass is 9.84. The number of halogens is 1. The van der Waals surface area contributed by atoms with E-state index in [0.717, 1.165) is 12.8 Å². The lowest BCUT2D eigenvalue weighted by Crippen LogP contribution is -2.41. The van der Waals surface area contributed by atoms with E-state index in [0.29, 0.717) is 42.5 Å². The average molecular weight is 555 g/mol. The molecular weight excluding hydrogens is 519 g/mol. The normalized spacial score (nSPS) is 15.4. The first-order valence-corrected chi connectivity index (χ1v) is 14.7. The fraction of sp³-hybridized carbons (Fsp3) is 0.414. The highest BCUT2D eigenvalue weighted by Crippen LogP contribution is 2.34. The fourth-order valence-corrected chi connectivity index (χ4v) is 5.84. The predicted molar refractivity (Wildman–Crippen MR) is 150 cm³/mol. The lowest BCUT2D eigenvalue weighted by molar-refractivity contribution is 0.102. The van der Waals surface area contributed by atoms with Crippen LogP contribution in [0, 0.1) is 17.2 Å². The molecule has 1 saturated heterocycles. The molecule has 4 rings (SSSR count). The Labute approximate surface area is 229 Å². The number of ether oxygens (including phenoxy) is 1. The van der Waals surface area contributed by atoms with Gasteiger partial charge in [-0.15, -0.1) is 0 Å². The van der Waals surface area contributed by atoms with Crippen molar-refractivity contribution in [2.45, 2.75) is 45.6 Å². The van der Waals surface area contributed by atoms with Crippen molar-refractivity contribution >= 4 is 27.3 Å². The molecule has 1 fully saturated rings. The minimum Gasteiger partial charge on any atom is -0.493 e. The number of carbonyl (C=O) groups excluding carboxylic acids is 1. The van der Waals surface area contributed by atoms with E-state index in [1.807, 2.05) is 18.7 Å². The second-order valence-corrected chi connectivity index (χ2v) is 13.2. The first kappa shape index (κ1) is 28.5. The number of ketones is 1. The molecule has 208 valence electrons. The summed E-state index contributed by atoms with van der Waals surface area (Å²) in [4.78, 5) is 24.2. The third-order valence-electron chi connectivity index (χ3n) is 6.51. The van der Waals surface area contributed by atoms with Crippen LogP contribution in [0.5, 0.6) is 5.75 Å². The first-order valence-electron chi connectivity index (χ1n) is 13.0. The number of nitrogens with zero attached hydrogens (tertiary/aromatic N) is 3. The molecule has 0 aliphatic carbocycles. The number of pyridine rings is 2. The van der Waals surface area contributed by atoms with Gasteiger partial charge in [0.05, 0.1) is 17.9 Å². The monoisotopic (exact) mass is 554 g/mol. The Bertz CT molecular complexity index is 1470. The molecule has 0 spiro atoms. The number of sulfone groups is 1. The van der Waals surface area contributed by atoms with Gasteiger partial charge in [0.1, 0.15) is 29.0 Å². The second-order valence-electron chi connectivity index (χ2n) is 11.2. The van der Waals surface area contributed by atoms with Crippen molar-refractivity contribution in [1.29, 1.82) is 0 Å². The molecule has 1 aliphatic heterocycles. The summed E-state index contributed by atoms with van der Waals surface area (Å²) in [6.07, 6.45) is 1.91. The Morgan fingerprint density at radius 2 is 1.92 bits per heavy atom. The van der Waals surface area contributed by atoms with Crippen LogP contribution in [0.3, 0.4) is 0 Å². The van der Waals surface area contributed by atoms with Gasteiger partial charge in [-0.2, -0.15) is 0 Å². The maximum atomic E-state index is 14.5. The summed E-state index contributed by atoms with van der Waals surface area (Å²) in [5.41, 5.74) is 6.79. The Hall–Kier alpha value is -3.53. The standard InChI is InChI=1S/C29H35FN4O4S/c1-19(2)16-38-22-14-20(13-21(30)15-22)24-10-9-23(28(32-24)34-12-6-11-29(3,4)18-34)25(35)17-39(36,37)27-8-5-7-26(31)33-27/h5,7-10,13-15,19H,6,11-12,16-18H2,1-4H3,(H2,31,33). The number of piperidine rings is 1. The van der Waals surface area contributed by atoms with Gasteiger partial charge in [0.2, 0.25) is 9.84 Å². The summed E-state index contributed by atoms with van der Waals surface area (Å²) >= 11 is 0. The third kappa shape index (κ3) is 7.11. The van der Waals surface area contributed by atoms with Crippen molar-refractivity contribution in [3.05, 3.63) is 59.9 Å². The quantitative estimate of drug-likeness (QED) is 0.360. The number of anilines is 2. The second kappa shape index (κ2) is 11.3. The Morgan fingerprint density at radius 3 is 2.62 bits per heavy atom. The predicted octanol–water partition coefficient (Wildman–Crippen LogP) is 5.18. The van der Waals surface area contributed by atoms with Gasteiger partial charge in [0.15, 0.2) is 10.8 Å². The molecule has 0 unspecified atom stereocenters. The maximum Gasteiger partial charge on any atom is 0.203 e. The maximum absolute atomic E-state index is 14.5. The van der Waals surface area contributed by atoms with E-state index in [2.05, 4.69) is 18.8 Å². The van der Waals surface area contributed by atoms with E-state index in [1.165, 1.54) is 30.3 Å². The van der Waals surface area contributed by atoms with Crippen LogP contribution in [-0.2, 0) is 9.84 Å². The fourth-order valence-electron chi connectivity index (χ4n) is 4.66. The zero-order valence-electron chi connectivity index (χ0n) is 22.8. The lowest BCUT2D eigenvalue weighted by Gasteiger charge is -2.39. The Morgan fingerprint density at radius 1 is 1.15 bits per heavy atom. The first-order chi connectivity index (χ1) is 18.3. The number of benzene rings is 1. The van der Waals surface area contributed by atoms with Crippen LogP contribution in [0.2, 0.25) is 0 Å². The number of nitrogens with two attached hydrogens (primary N) is 1. The number of rotatable bonds is 9. The van der Waals surface area contributed by atoms with Crippen LogP contribution in [0.1, 0.15) is 50.9 Å². The summed E-state index contributed by atoms with van der Waals surface area (Å²) < 4.78 is 46.3. The third-order valence-corrected chi connectivity index (χ3v) is 8.02. The number of carbonyl (C=O) groups is 1. The van der Waals surface area contributed by atoms with Crippen LogP contribution in [0.4, 0.5) is 16.0 Å². The van der Waals surface area contributed by atoms with Gasteiger partial charge in [0, 0.05) is 24.7 Å². The van der Waals surface area contributed by atoms with Crippen LogP contribution >= 0.6 is 0 Å². The van der Waals surface area contributed by atoms with Gasteiger partial charge in [-0.3, -0.25) is 4.79 Å². The Kier molecular flexibility index (Phi) is 8.25. The van der Waals surface area contributed by atoms with E-state index in [-0.39, 0.29) is 27.7 Å². The number of hydrogen-bond acceptors (Lipinski definition) is 8. The van der Waals surface area contributed by atoms with E-state index in [4.69, 9.17) is 15.5 Å². The van der Waals surface area contributed by atoms with Gasteiger partial charge in [-0.1, -0.05) is 33.8 Å². The highest BCUT2D eigenvalue weighted by atomic mass is 32.2. The van der Waals surface area contributed by atoms with Crippen molar-refractivity contribution in [3.8, 4) is 17.0 Å². The summed E-state index contributed by atoms with van der Waals surface area (Å²) in [7, 11) is -4.04. The molecule has 0 bridgehead atoms. The molecule has 0 radical (unpaired) electrons. The molecule has 1 aliphatic rings. The number of nitrogen functional groups attached to an aromatic ring is 1. The van der Waals surface area contributed by atoms with E-state index >= 15 is 0 Å². The van der Waals surface area contributed by atoms with E-state index in [9.17, 15) is 17.6 Å². The molecule has 3 heterocycles. The SMILES string of the molecule is CC(C)COc1cc(F)cc(-c2ccc(C(=O)CS(=O)(=O)c3cccc(N)n3)c(N3CCCC(C)(C)C3)n2)c1. The van der Waals surface area contributed by atoms with Crippen molar-refractivity contribution in [1.82, 2.24) is 9.97 Å². The van der Waals surface area contributed by atoms with E-state index < -0.39 is 27.2 Å². The topological polar surface area (TPSA) is 115 Å². The minimum atomic E-state index is -4.04. The van der Waals surface area contributed by atoms with Crippen LogP contribution < -0.4 is 15.4 Å². The highest BCUT2D eigenvalue weighted by molar-refractivity contribution is 7.92. The zero-order valence-corrected chi connectivity index (χ0v) is 23.6. The number of aromatic nitrogens is 2. The highest BCUT2D eigenvalue weighted by Gasteiger charge is 2.31. The summed E-state index contributed by atoms with van der Waals surface area (Å²) in [5, 5.41) is -0.255. The van der Waals surface area contributed by atoms with Crippen molar-refractivity contribution in [3.63, 3.8) is 0 Å². The van der Waals surface area contributed by atoms with Crippen LogP contribution in [0.15, 0.2) is 53.6 Å². The summed E-state index contributed by atoms with van der Waals surface area (Å²) in [5.74, 6) is -0.740. The van der Waals surface area contributed by atoms with Gasteiger partial charge < -0.3 is 15.4 Å². The molecule has 0 saturated carbocycles. The molecule has 10 heteroatoms. The molecule has 3 aromatic rings. The Balaban J connectivity index is 1.74.